The van der Waals surface area contributed by atoms with E-state index in [1.807, 2.05) is 0 Å². The first-order valence-electron chi connectivity index (χ1n) is 5.24. The molecule has 0 saturated heterocycles. The van der Waals surface area contributed by atoms with Gasteiger partial charge in [0.25, 0.3) is 0 Å². The standard InChI is InChI=1S/C12H15FN2O3/c1-12(2,14)11(17)15-9-6-7(13)4-5-8(9)10(16)18-3/h4-6H,14H2,1-3H3,(H,15,17). The van der Waals surface area contributed by atoms with Gasteiger partial charge in [0.1, 0.15) is 5.82 Å². The van der Waals surface area contributed by atoms with Crippen LogP contribution in [0.1, 0.15) is 24.2 Å². The normalized spacial score (nSPS) is 10.9. The van der Waals surface area contributed by atoms with Gasteiger partial charge in [-0.05, 0) is 32.0 Å². The summed E-state index contributed by atoms with van der Waals surface area (Å²) in [5, 5.41) is 2.40. The lowest BCUT2D eigenvalue weighted by atomic mass is 10.1. The maximum absolute atomic E-state index is 13.1. The van der Waals surface area contributed by atoms with Crippen molar-refractivity contribution < 1.29 is 18.7 Å². The number of methoxy groups -OCH3 is 1. The lowest BCUT2D eigenvalue weighted by molar-refractivity contribution is -0.120. The third-order valence-electron chi connectivity index (χ3n) is 2.22. The van der Waals surface area contributed by atoms with Crippen molar-refractivity contribution in [1.29, 1.82) is 0 Å². The van der Waals surface area contributed by atoms with Crippen LogP contribution in [0.15, 0.2) is 18.2 Å². The van der Waals surface area contributed by atoms with Gasteiger partial charge in [0.2, 0.25) is 5.91 Å². The molecule has 0 aliphatic carbocycles. The second-order valence-corrected chi connectivity index (χ2v) is 4.36. The monoisotopic (exact) mass is 254 g/mol. The van der Waals surface area contributed by atoms with Crippen molar-refractivity contribution in [2.75, 3.05) is 12.4 Å². The van der Waals surface area contributed by atoms with Crippen LogP contribution < -0.4 is 11.1 Å². The highest BCUT2D eigenvalue weighted by Gasteiger charge is 2.24. The zero-order chi connectivity index (χ0) is 13.9. The van der Waals surface area contributed by atoms with Gasteiger partial charge in [0.05, 0.1) is 23.9 Å². The summed E-state index contributed by atoms with van der Waals surface area (Å²) >= 11 is 0. The Morgan fingerprint density at radius 3 is 2.50 bits per heavy atom. The molecule has 0 aromatic heterocycles. The molecular formula is C12H15FN2O3. The number of carbonyl (C=O) groups is 2. The quantitative estimate of drug-likeness (QED) is 0.796. The average Bonchev–Trinajstić information content (AvgIpc) is 2.27. The van der Waals surface area contributed by atoms with Crippen LogP contribution in [0.4, 0.5) is 10.1 Å². The Bertz CT molecular complexity index is 481. The number of amides is 1. The van der Waals surface area contributed by atoms with Crippen LogP contribution in [0.5, 0.6) is 0 Å². The topological polar surface area (TPSA) is 81.4 Å². The highest BCUT2D eigenvalue weighted by atomic mass is 19.1. The Labute approximate surface area is 104 Å². The van der Waals surface area contributed by atoms with Crippen molar-refractivity contribution in [2.45, 2.75) is 19.4 Å². The van der Waals surface area contributed by atoms with E-state index in [4.69, 9.17) is 5.73 Å². The average molecular weight is 254 g/mol. The third kappa shape index (κ3) is 3.27. The van der Waals surface area contributed by atoms with Gasteiger partial charge in [-0.1, -0.05) is 0 Å². The first-order chi connectivity index (χ1) is 8.25. The molecule has 0 aliphatic rings. The van der Waals surface area contributed by atoms with Gasteiger partial charge >= 0.3 is 5.97 Å². The molecule has 3 N–H and O–H groups in total. The highest BCUT2D eigenvalue weighted by molar-refractivity contribution is 6.03. The molecule has 1 aromatic carbocycles. The van der Waals surface area contributed by atoms with E-state index in [0.29, 0.717) is 0 Å². The van der Waals surface area contributed by atoms with Gasteiger partial charge in [-0.15, -0.1) is 0 Å². The molecule has 18 heavy (non-hydrogen) atoms. The highest BCUT2D eigenvalue weighted by Crippen LogP contribution is 2.19. The van der Waals surface area contributed by atoms with Crippen LogP contribution in [0.25, 0.3) is 0 Å². The van der Waals surface area contributed by atoms with Gasteiger partial charge in [0, 0.05) is 0 Å². The van der Waals surface area contributed by atoms with Gasteiger partial charge in [-0.25, -0.2) is 9.18 Å². The van der Waals surface area contributed by atoms with Gasteiger partial charge in [0.15, 0.2) is 0 Å². The molecule has 1 rings (SSSR count). The Balaban J connectivity index is 3.11. The molecule has 1 aromatic rings. The fourth-order valence-corrected chi connectivity index (χ4v) is 1.19. The van der Waals surface area contributed by atoms with E-state index in [0.717, 1.165) is 12.1 Å². The molecule has 0 fully saturated rings. The van der Waals surface area contributed by atoms with Crippen LogP contribution >= 0.6 is 0 Å². The van der Waals surface area contributed by atoms with Crippen molar-refractivity contribution in [3.8, 4) is 0 Å². The van der Waals surface area contributed by atoms with Crippen molar-refractivity contribution in [3.05, 3.63) is 29.6 Å². The minimum atomic E-state index is -1.14. The lowest BCUT2D eigenvalue weighted by Gasteiger charge is -2.19. The van der Waals surface area contributed by atoms with Crippen molar-refractivity contribution >= 4 is 17.6 Å². The van der Waals surface area contributed by atoms with E-state index in [1.54, 1.807) is 0 Å². The summed E-state index contributed by atoms with van der Waals surface area (Å²) in [5.74, 6) is -1.77. The minimum Gasteiger partial charge on any atom is -0.465 e. The maximum Gasteiger partial charge on any atom is 0.339 e. The number of nitrogens with one attached hydrogen (secondary N) is 1. The summed E-state index contributed by atoms with van der Waals surface area (Å²) in [4.78, 5) is 23.1. The van der Waals surface area contributed by atoms with E-state index >= 15 is 0 Å². The number of esters is 1. The maximum atomic E-state index is 13.1. The Hall–Kier alpha value is -1.95. The van der Waals surface area contributed by atoms with Crippen molar-refractivity contribution in [2.24, 2.45) is 5.73 Å². The molecule has 0 atom stereocenters. The number of ether oxygens (including phenoxy) is 1. The molecule has 5 nitrogen and oxygen atoms in total. The molecule has 0 heterocycles. The summed E-state index contributed by atoms with van der Waals surface area (Å²) in [6.07, 6.45) is 0. The minimum absolute atomic E-state index is 0.0328. The number of hydrogen-bond donors (Lipinski definition) is 2. The SMILES string of the molecule is COC(=O)c1ccc(F)cc1NC(=O)C(C)(C)N. The van der Waals surface area contributed by atoms with Crippen molar-refractivity contribution in [1.82, 2.24) is 0 Å². The summed E-state index contributed by atoms with van der Waals surface area (Å²) in [5.41, 5.74) is 4.56. The third-order valence-corrected chi connectivity index (χ3v) is 2.22. The Kier molecular flexibility index (Phi) is 4.03. The number of benzene rings is 1. The molecular weight excluding hydrogens is 239 g/mol. The summed E-state index contributed by atoms with van der Waals surface area (Å²) in [7, 11) is 1.20. The second-order valence-electron chi connectivity index (χ2n) is 4.36. The summed E-state index contributed by atoms with van der Waals surface area (Å²) in [6, 6.07) is 3.38. The molecule has 0 saturated carbocycles. The largest absolute Gasteiger partial charge is 0.465 e. The van der Waals surface area contributed by atoms with E-state index in [9.17, 15) is 14.0 Å². The van der Waals surface area contributed by atoms with Crippen molar-refractivity contribution in [3.63, 3.8) is 0 Å². The molecule has 1 amide bonds. The zero-order valence-corrected chi connectivity index (χ0v) is 10.4. The molecule has 0 aliphatic heterocycles. The fraction of sp³-hybridized carbons (Fsp3) is 0.333. The van der Waals surface area contributed by atoms with Gasteiger partial charge < -0.3 is 15.8 Å². The fourth-order valence-electron chi connectivity index (χ4n) is 1.19. The predicted octanol–water partition coefficient (Wildman–Crippen LogP) is 1.29. The number of halogens is 1. The number of rotatable bonds is 3. The van der Waals surface area contributed by atoms with Gasteiger partial charge in [-0.3, -0.25) is 4.79 Å². The predicted molar refractivity (Wildman–Crippen MR) is 64.6 cm³/mol. The molecule has 0 radical (unpaired) electrons. The van der Waals surface area contributed by atoms with Crippen LogP contribution in [0.3, 0.4) is 0 Å². The molecule has 98 valence electrons. The van der Waals surface area contributed by atoms with Crippen LogP contribution in [-0.4, -0.2) is 24.5 Å². The number of hydrogen-bond acceptors (Lipinski definition) is 4. The summed E-state index contributed by atoms with van der Waals surface area (Å²) < 4.78 is 17.7. The molecule has 0 bridgehead atoms. The van der Waals surface area contributed by atoms with Crippen LogP contribution in [-0.2, 0) is 9.53 Å². The zero-order valence-electron chi connectivity index (χ0n) is 10.4. The number of anilines is 1. The lowest BCUT2D eigenvalue weighted by Crippen LogP contribution is -2.45. The second kappa shape index (κ2) is 5.14. The molecule has 0 unspecified atom stereocenters. The van der Waals surface area contributed by atoms with E-state index in [1.165, 1.54) is 27.0 Å². The van der Waals surface area contributed by atoms with Gasteiger partial charge in [-0.2, -0.15) is 0 Å². The van der Waals surface area contributed by atoms with Crippen LogP contribution in [0.2, 0.25) is 0 Å². The van der Waals surface area contributed by atoms with E-state index in [-0.39, 0.29) is 11.3 Å². The molecule has 6 heteroatoms. The number of nitrogens with two attached hydrogens (primary N) is 1. The van der Waals surface area contributed by atoms with Crippen LogP contribution in [0, 0.1) is 5.82 Å². The Morgan fingerprint density at radius 1 is 1.39 bits per heavy atom. The first-order valence-corrected chi connectivity index (χ1v) is 5.24. The smallest absolute Gasteiger partial charge is 0.339 e. The molecule has 0 spiro atoms. The van der Waals surface area contributed by atoms with E-state index < -0.39 is 23.2 Å². The number of carbonyl (C=O) groups excluding carboxylic acids is 2. The summed E-state index contributed by atoms with van der Waals surface area (Å²) in [6.45, 7) is 3.00. The Morgan fingerprint density at radius 2 is 2.00 bits per heavy atom. The van der Waals surface area contributed by atoms with E-state index in [2.05, 4.69) is 10.1 Å². The first kappa shape index (κ1) is 14.1.